The maximum absolute atomic E-state index is 11.7. The van der Waals surface area contributed by atoms with Gasteiger partial charge in [-0.3, -0.25) is 9.59 Å². The third kappa shape index (κ3) is 2.96. The van der Waals surface area contributed by atoms with Crippen molar-refractivity contribution in [1.29, 1.82) is 0 Å². The highest BCUT2D eigenvalue weighted by molar-refractivity contribution is 6.42. The highest BCUT2D eigenvalue weighted by Gasteiger charge is 2.17. The molecule has 92 valence electrons. The second-order valence-corrected chi connectivity index (χ2v) is 3.26. The van der Waals surface area contributed by atoms with E-state index < -0.39 is 11.7 Å². The van der Waals surface area contributed by atoms with Gasteiger partial charge in [-0.15, -0.1) is 0 Å². The summed E-state index contributed by atoms with van der Waals surface area (Å²) >= 11 is 0. The number of carbonyl (C=O) groups is 2. The fourth-order valence-corrected chi connectivity index (χ4v) is 1.35. The van der Waals surface area contributed by atoms with Gasteiger partial charge in [-0.1, -0.05) is 0 Å². The van der Waals surface area contributed by atoms with Crippen LogP contribution in [0.25, 0.3) is 0 Å². The van der Waals surface area contributed by atoms with Crippen LogP contribution in [0.5, 0.6) is 11.5 Å². The Balaban J connectivity index is 2.99. The fraction of sp³-hybridized carbons (Fsp3) is 0.333. The summed E-state index contributed by atoms with van der Waals surface area (Å²) in [7, 11) is 2.97. The van der Waals surface area contributed by atoms with Gasteiger partial charge in [0.25, 0.3) is 5.91 Å². The zero-order chi connectivity index (χ0) is 12.8. The number of amides is 1. The highest BCUT2D eigenvalue weighted by Crippen LogP contribution is 2.27. The third-order valence-corrected chi connectivity index (χ3v) is 2.19. The van der Waals surface area contributed by atoms with Crippen molar-refractivity contribution in [2.24, 2.45) is 0 Å². The number of hydrogen-bond donors (Lipinski definition) is 1. The summed E-state index contributed by atoms with van der Waals surface area (Å²) in [5, 5.41) is 2.45. The number of carbonyl (C=O) groups excluding carboxylic acids is 2. The van der Waals surface area contributed by atoms with E-state index in [0.29, 0.717) is 18.0 Å². The Morgan fingerprint density at radius 3 is 2.35 bits per heavy atom. The van der Waals surface area contributed by atoms with Crippen LogP contribution in [-0.4, -0.2) is 32.5 Å². The number of nitrogens with one attached hydrogen (secondary N) is 1. The molecule has 0 atom stereocenters. The molecule has 1 aromatic rings. The molecule has 0 fully saturated rings. The molecule has 0 aromatic heterocycles. The van der Waals surface area contributed by atoms with Gasteiger partial charge in [0, 0.05) is 12.1 Å². The number of ketones is 1. The molecular formula is C12H15NO4. The van der Waals surface area contributed by atoms with Crippen LogP contribution in [0.1, 0.15) is 17.3 Å². The van der Waals surface area contributed by atoms with Crippen LogP contribution in [0, 0.1) is 0 Å². The Labute approximate surface area is 99.7 Å². The lowest BCUT2D eigenvalue weighted by Gasteiger charge is -2.08. The second kappa shape index (κ2) is 5.89. The molecule has 0 aliphatic rings. The van der Waals surface area contributed by atoms with Crippen molar-refractivity contribution in [2.75, 3.05) is 20.8 Å². The molecule has 5 nitrogen and oxygen atoms in total. The van der Waals surface area contributed by atoms with Gasteiger partial charge >= 0.3 is 0 Å². The van der Waals surface area contributed by atoms with Gasteiger partial charge < -0.3 is 14.8 Å². The summed E-state index contributed by atoms with van der Waals surface area (Å²) in [5.41, 5.74) is 0.272. The molecule has 5 heteroatoms. The number of rotatable bonds is 5. The summed E-state index contributed by atoms with van der Waals surface area (Å²) in [4.78, 5) is 23.1. The van der Waals surface area contributed by atoms with E-state index in [1.165, 1.54) is 26.4 Å². The minimum atomic E-state index is -0.625. The minimum absolute atomic E-state index is 0.272. The lowest BCUT2D eigenvalue weighted by molar-refractivity contribution is -0.116. The molecular weight excluding hydrogens is 222 g/mol. The smallest absolute Gasteiger partial charge is 0.292 e. The molecule has 1 rings (SSSR count). The van der Waals surface area contributed by atoms with Crippen LogP contribution in [0.4, 0.5) is 0 Å². The maximum atomic E-state index is 11.7. The van der Waals surface area contributed by atoms with Crippen LogP contribution in [0.3, 0.4) is 0 Å². The van der Waals surface area contributed by atoms with E-state index in [9.17, 15) is 9.59 Å². The Morgan fingerprint density at radius 2 is 1.82 bits per heavy atom. The van der Waals surface area contributed by atoms with Crippen molar-refractivity contribution < 1.29 is 19.1 Å². The molecule has 0 spiro atoms. The van der Waals surface area contributed by atoms with Crippen molar-refractivity contribution in [3.63, 3.8) is 0 Å². The molecule has 0 saturated carbocycles. The lowest BCUT2D eigenvalue weighted by Crippen LogP contribution is -2.30. The average molecular weight is 237 g/mol. The summed E-state index contributed by atoms with van der Waals surface area (Å²) in [6.45, 7) is 2.16. The van der Waals surface area contributed by atoms with Crippen molar-refractivity contribution in [3.05, 3.63) is 23.8 Å². The molecule has 1 aromatic carbocycles. The molecule has 17 heavy (non-hydrogen) atoms. The lowest BCUT2D eigenvalue weighted by atomic mass is 10.1. The Bertz CT molecular complexity index is 429. The molecule has 0 aliphatic carbocycles. The summed E-state index contributed by atoms with van der Waals surface area (Å²) in [6.07, 6.45) is 0. The van der Waals surface area contributed by atoms with Crippen LogP contribution < -0.4 is 14.8 Å². The normalized spacial score (nSPS) is 9.59. The second-order valence-electron chi connectivity index (χ2n) is 3.26. The number of methoxy groups -OCH3 is 2. The van der Waals surface area contributed by atoms with Crippen LogP contribution in [0.15, 0.2) is 18.2 Å². The van der Waals surface area contributed by atoms with Crippen LogP contribution >= 0.6 is 0 Å². The van der Waals surface area contributed by atoms with Crippen LogP contribution in [0.2, 0.25) is 0 Å². The minimum Gasteiger partial charge on any atom is -0.493 e. The predicted octanol–water partition coefficient (Wildman–Crippen LogP) is 1.02. The van der Waals surface area contributed by atoms with Crippen molar-refractivity contribution >= 4 is 11.7 Å². The van der Waals surface area contributed by atoms with E-state index in [2.05, 4.69) is 5.32 Å². The number of ether oxygens (including phenoxy) is 2. The van der Waals surface area contributed by atoms with Crippen molar-refractivity contribution in [1.82, 2.24) is 5.32 Å². The third-order valence-electron chi connectivity index (χ3n) is 2.19. The average Bonchev–Trinajstić information content (AvgIpc) is 2.37. The van der Waals surface area contributed by atoms with E-state index in [4.69, 9.17) is 9.47 Å². The van der Waals surface area contributed by atoms with Crippen molar-refractivity contribution in [2.45, 2.75) is 6.92 Å². The monoisotopic (exact) mass is 237 g/mol. The van der Waals surface area contributed by atoms with Gasteiger partial charge in [-0.2, -0.15) is 0 Å². The highest BCUT2D eigenvalue weighted by atomic mass is 16.5. The van der Waals surface area contributed by atoms with E-state index in [-0.39, 0.29) is 5.56 Å². The van der Waals surface area contributed by atoms with Gasteiger partial charge in [0.05, 0.1) is 14.2 Å². The van der Waals surface area contributed by atoms with Gasteiger partial charge in [0.2, 0.25) is 5.78 Å². The number of hydrogen-bond acceptors (Lipinski definition) is 4. The quantitative estimate of drug-likeness (QED) is 0.613. The number of Topliss-reactive ketones (excluding diaryl/α,β-unsaturated/α-hetero) is 1. The summed E-state index contributed by atoms with van der Waals surface area (Å²) in [6, 6.07) is 4.60. The molecule has 0 bridgehead atoms. The fourth-order valence-electron chi connectivity index (χ4n) is 1.35. The standard InChI is InChI=1S/C12H15NO4/c1-4-13-12(15)11(14)8-5-6-9(16-2)10(7-8)17-3/h5-7H,4H2,1-3H3,(H,13,15). The Morgan fingerprint density at radius 1 is 1.18 bits per heavy atom. The molecule has 0 radical (unpaired) electrons. The largest absolute Gasteiger partial charge is 0.493 e. The van der Waals surface area contributed by atoms with Crippen molar-refractivity contribution in [3.8, 4) is 11.5 Å². The topological polar surface area (TPSA) is 64.6 Å². The number of likely N-dealkylation sites (N-methyl/N-ethyl adjacent to an activating group) is 1. The zero-order valence-electron chi connectivity index (χ0n) is 10.1. The van der Waals surface area contributed by atoms with E-state index in [1.807, 2.05) is 0 Å². The zero-order valence-corrected chi connectivity index (χ0v) is 10.1. The first-order valence-corrected chi connectivity index (χ1v) is 5.18. The Hall–Kier alpha value is -2.04. The molecule has 1 N–H and O–H groups in total. The van der Waals surface area contributed by atoms with Gasteiger partial charge in [0.1, 0.15) is 0 Å². The predicted molar refractivity (Wildman–Crippen MR) is 62.6 cm³/mol. The molecule has 0 saturated heterocycles. The SMILES string of the molecule is CCNC(=O)C(=O)c1ccc(OC)c(OC)c1. The number of benzene rings is 1. The first-order valence-electron chi connectivity index (χ1n) is 5.18. The van der Waals surface area contributed by atoms with Gasteiger partial charge in [-0.05, 0) is 25.1 Å². The first kappa shape index (κ1) is 13.0. The Kier molecular flexibility index (Phi) is 4.51. The van der Waals surface area contributed by atoms with E-state index in [0.717, 1.165) is 0 Å². The summed E-state index contributed by atoms with van der Waals surface area (Å²) in [5.74, 6) is -0.282. The summed E-state index contributed by atoms with van der Waals surface area (Å²) < 4.78 is 10.1. The van der Waals surface area contributed by atoms with E-state index in [1.54, 1.807) is 13.0 Å². The van der Waals surface area contributed by atoms with Gasteiger partial charge in [0.15, 0.2) is 11.5 Å². The molecule has 0 unspecified atom stereocenters. The molecule has 0 aliphatic heterocycles. The van der Waals surface area contributed by atoms with Crippen LogP contribution in [-0.2, 0) is 4.79 Å². The first-order chi connectivity index (χ1) is 8.13. The maximum Gasteiger partial charge on any atom is 0.292 e. The molecule has 0 heterocycles. The van der Waals surface area contributed by atoms with E-state index >= 15 is 0 Å². The van der Waals surface area contributed by atoms with Gasteiger partial charge in [-0.25, -0.2) is 0 Å². The molecule has 1 amide bonds.